The molecule has 0 unspecified atom stereocenters. The van der Waals surface area contributed by atoms with E-state index < -0.39 is 0 Å². The molecule has 4 nitrogen and oxygen atoms in total. The zero-order chi connectivity index (χ0) is 14.5. The predicted octanol–water partition coefficient (Wildman–Crippen LogP) is 2.79. The first-order valence-electron chi connectivity index (χ1n) is 7.37. The van der Waals surface area contributed by atoms with Gasteiger partial charge in [0, 0.05) is 18.2 Å². The Kier molecular flexibility index (Phi) is 5.01. The summed E-state index contributed by atoms with van der Waals surface area (Å²) in [5.41, 5.74) is 7.62. The Bertz CT molecular complexity index is 465. The Morgan fingerprint density at radius 1 is 1.35 bits per heavy atom. The summed E-state index contributed by atoms with van der Waals surface area (Å²) in [6, 6.07) is 8.59. The van der Waals surface area contributed by atoms with Crippen LogP contribution in [0.25, 0.3) is 0 Å². The van der Waals surface area contributed by atoms with Gasteiger partial charge >= 0.3 is 0 Å². The minimum Gasteiger partial charge on any atom is -0.409 e. The second-order valence-electron chi connectivity index (χ2n) is 6.01. The van der Waals surface area contributed by atoms with E-state index in [4.69, 9.17) is 10.9 Å². The smallest absolute Gasteiger partial charge is 0.170 e. The van der Waals surface area contributed by atoms with Crippen LogP contribution >= 0.6 is 0 Å². The van der Waals surface area contributed by atoms with Crippen LogP contribution in [-0.4, -0.2) is 29.0 Å². The van der Waals surface area contributed by atoms with Gasteiger partial charge in [-0.3, -0.25) is 4.90 Å². The van der Waals surface area contributed by atoms with Crippen molar-refractivity contribution in [2.75, 3.05) is 7.05 Å². The van der Waals surface area contributed by atoms with Crippen LogP contribution in [0.4, 0.5) is 0 Å². The molecule has 1 aliphatic rings. The summed E-state index contributed by atoms with van der Waals surface area (Å²) in [7, 11) is 2.19. The first-order chi connectivity index (χ1) is 9.60. The van der Waals surface area contributed by atoms with Crippen molar-refractivity contribution in [1.82, 2.24) is 4.90 Å². The second-order valence-corrected chi connectivity index (χ2v) is 6.01. The molecule has 1 fully saturated rings. The maximum atomic E-state index is 8.74. The fourth-order valence-electron chi connectivity index (χ4n) is 2.99. The molecule has 0 amide bonds. The lowest BCUT2D eigenvalue weighted by molar-refractivity contribution is 0.164. The molecule has 0 radical (unpaired) electrons. The van der Waals surface area contributed by atoms with Crippen molar-refractivity contribution in [3.63, 3.8) is 0 Å². The average molecular weight is 275 g/mol. The highest BCUT2D eigenvalue weighted by molar-refractivity contribution is 5.97. The Morgan fingerprint density at radius 2 is 2.05 bits per heavy atom. The molecule has 1 aliphatic carbocycles. The molecular formula is C16H25N3O. The fourth-order valence-corrected chi connectivity index (χ4v) is 2.99. The minimum atomic E-state index is 0.168. The molecule has 1 aromatic rings. The molecule has 20 heavy (non-hydrogen) atoms. The maximum absolute atomic E-state index is 8.74. The summed E-state index contributed by atoms with van der Waals surface area (Å²) in [6.45, 7) is 3.25. The minimum absolute atomic E-state index is 0.168. The van der Waals surface area contributed by atoms with Crippen molar-refractivity contribution in [1.29, 1.82) is 0 Å². The van der Waals surface area contributed by atoms with E-state index in [1.54, 1.807) is 0 Å². The monoisotopic (exact) mass is 275 g/mol. The highest BCUT2D eigenvalue weighted by Crippen LogP contribution is 2.27. The molecule has 4 heteroatoms. The summed E-state index contributed by atoms with van der Waals surface area (Å²) in [4.78, 5) is 2.43. The van der Waals surface area contributed by atoms with Gasteiger partial charge in [-0.15, -0.1) is 0 Å². The fraction of sp³-hybridized carbons (Fsp3) is 0.562. The molecule has 0 bridgehead atoms. The molecule has 1 aromatic carbocycles. The van der Waals surface area contributed by atoms with E-state index in [9.17, 15) is 0 Å². The molecule has 3 N–H and O–H groups in total. The second kappa shape index (κ2) is 6.75. The summed E-state index contributed by atoms with van der Waals surface area (Å²) in [5, 5.41) is 11.8. The summed E-state index contributed by atoms with van der Waals surface area (Å²) < 4.78 is 0. The predicted molar refractivity (Wildman–Crippen MR) is 81.8 cm³/mol. The molecule has 0 aromatic heterocycles. The van der Waals surface area contributed by atoms with Gasteiger partial charge in [0.25, 0.3) is 0 Å². The number of nitrogens with zero attached hydrogens (tertiary/aromatic N) is 2. The van der Waals surface area contributed by atoms with Crippen molar-refractivity contribution in [2.45, 2.75) is 45.2 Å². The Labute approximate surface area is 121 Å². The van der Waals surface area contributed by atoms with Crippen molar-refractivity contribution >= 4 is 5.84 Å². The first-order valence-corrected chi connectivity index (χ1v) is 7.37. The van der Waals surface area contributed by atoms with Crippen LogP contribution in [0.1, 0.15) is 43.7 Å². The van der Waals surface area contributed by atoms with E-state index in [0.29, 0.717) is 6.04 Å². The van der Waals surface area contributed by atoms with Crippen molar-refractivity contribution in [2.24, 2.45) is 16.8 Å². The van der Waals surface area contributed by atoms with E-state index in [-0.39, 0.29) is 5.84 Å². The molecule has 2 rings (SSSR count). The van der Waals surface area contributed by atoms with Crippen molar-refractivity contribution in [3.05, 3.63) is 35.4 Å². The van der Waals surface area contributed by atoms with Crippen molar-refractivity contribution < 1.29 is 5.21 Å². The summed E-state index contributed by atoms with van der Waals surface area (Å²) >= 11 is 0. The topological polar surface area (TPSA) is 61.8 Å². The largest absolute Gasteiger partial charge is 0.409 e. The standard InChI is InChI=1S/C16H25N3O/c1-12-6-8-15(9-7-12)19(2)11-13-4-3-5-14(10-13)16(17)18-20/h3-5,10,12,15,20H,6-9,11H2,1-2H3,(H2,17,18). The zero-order valence-electron chi connectivity index (χ0n) is 12.4. The number of hydrogen-bond donors (Lipinski definition) is 2. The molecule has 0 saturated heterocycles. The zero-order valence-corrected chi connectivity index (χ0v) is 12.4. The van der Waals surface area contributed by atoms with Gasteiger partial charge in [-0.1, -0.05) is 30.3 Å². The molecule has 1 saturated carbocycles. The van der Waals surface area contributed by atoms with Crippen LogP contribution in [0.2, 0.25) is 0 Å². The third-order valence-corrected chi connectivity index (χ3v) is 4.37. The van der Waals surface area contributed by atoms with Gasteiger partial charge in [0.2, 0.25) is 0 Å². The number of benzene rings is 1. The average Bonchev–Trinajstić information content (AvgIpc) is 2.47. The number of amidine groups is 1. The quantitative estimate of drug-likeness (QED) is 0.384. The number of hydrogen-bond acceptors (Lipinski definition) is 3. The highest BCUT2D eigenvalue weighted by Gasteiger charge is 2.21. The van der Waals surface area contributed by atoms with Gasteiger partial charge in [-0.2, -0.15) is 0 Å². The molecule has 0 heterocycles. The van der Waals surface area contributed by atoms with E-state index in [0.717, 1.165) is 18.0 Å². The van der Waals surface area contributed by atoms with Gasteiger partial charge in [0.05, 0.1) is 0 Å². The summed E-state index contributed by atoms with van der Waals surface area (Å²) in [6.07, 6.45) is 5.24. The lowest BCUT2D eigenvalue weighted by Crippen LogP contribution is -2.34. The lowest BCUT2D eigenvalue weighted by Gasteiger charge is -2.33. The van der Waals surface area contributed by atoms with E-state index in [2.05, 4.69) is 30.1 Å². The van der Waals surface area contributed by atoms with Gasteiger partial charge in [-0.25, -0.2) is 0 Å². The van der Waals surface area contributed by atoms with E-state index in [1.807, 2.05) is 18.2 Å². The van der Waals surface area contributed by atoms with Crippen LogP contribution in [0.3, 0.4) is 0 Å². The first kappa shape index (κ1) is 14.9. The molecule has 110 valence electrons. The van der Waals surface area contributed by atoms with Gasteiger partial charge in [0.1, 0.15) is 0 Å². The number of oxime groups is 1. The highest BCUT2D eigenvalue weighted by atomic mass is 16.4. The van der Waals surface area contributed by atoms with Crippen LogP contribution < -0.4 is 5.73 Å². The Morgan fingerprint density at radius 3 is 2.70 bits per heavy atom. The lowest BCUT2D eigenvalue weighted by atomic mass is 9.86. The Hall–Kier alpha value is -1.55. The molecule has 0 atom stereocenters. The van der Waals surface area contributed by atoms with Gasteiger partial charge in [0.15, 0.2) is 5.84 Å². The third kappa shape index (κ3) is 3.73. The normalized spacial score (nSPS) is 24.1. The number of nitrogens with two attached hydrogens (primary N) is 1. The summed E-state index contributed by atoms with van der Waals surface area (Å²) in [5.74, 6) is 1.05. The third-order valence-electron chi connectivity index (χ3n) is 4.37. The van der Waals surface area contributed by atoms with E-state index >= 15 is 0 Å². The van der Waals surface area contributed by atoms with Crippen molar-refractivity contribution in [3.8, 4) is 0 Å². The van der Waals surface area contributed by atoms with Crippen LogP contribution in [0.5, 0.6) is 0 Å². The van der Waals surface area contributed by atoms with E-state index in [1.165, 1.54) is 31.2 Å². The van der Waals surface area contributed by atoms with Crippen LogP contribution in [-0.2, 0) is 6.54 Å². The molecule has 0 aliphatic heterocycles. The number of rotatable bonds is 4. The molecule has 0 spiro atoms. The van der Waals surface area contributed by atoms with Crippen LogP contribution in [0, 0.1) is 5.92 Å². The Balaban J connectivity index is 1.99. The van der Waals surface area contributed by atoms with Gasteiger partial charge in [-0.05, 0) is 50.3 Å². The SMILES string of the molecule is CC1CCC(N(C)Cc2cccc(C(N)=NO)c2)CC1. The maximum Gasteiger partial charge on any atom is 0.170 e. The van der Waals surface area contributed by atoms with Gasteiger partial charge < -0.3 is 10.9 Å². The van der Waals surface area contributed by atoms with Crippen LogP contribution in [0.15, 0.2) is 29.4 Å². The molecular weight excluding hydrogens is 250 g/mol.